The SMILES string of the molecule is O=C(CNC(=O)c1ccc(Br)cc1)Nc1ccc2c(c1)OC(F)(F)O2. The summed E-state index contributed by atoms with van der Waals surface area (Å²) in [5.41, 5.74) is 0.643. The molecule has 0 radical (unpaired) electrons. The van der Waals surface area contributed by atoms with E-state index in [9.17, 15) is 18.4 Å². The molecule has 0 spiro atoms. The van der Waals surface area contributed by atoms with Crippen molar-refractivity contribution in [3.63, 3.8) is 0 Å². The molecule has 0 atom stereocenters. The fourth-order valence-electron chi connectivity index (χ4n) is 2.10. The fraction of sp³-hybridized carbons (Fsp3) is 0.125. The van der Waals surface area contributed by atoms with Crippen LogP contribution in [-0.4, -0.2) is 24.7 Å². The van der Waals surface area contributed by atoms with Crippen LogP contribution >= 0.6 is 15.9 Å². The first kappa shape index (κ1) is 17.2. The van der Waals surface area contributed by atoms with Crippen LogP contribution < -0.4 is 20.1 Å². The van der Waals surface area contributed by atoms with E-state index in [0.717, 1.165) is 4.47 Å². The van der Waals surface area contributed by atoms with Gasteiger partial charge in [0.2, 0.25) is 5.91 Å². The van der Waals surface area contributed by atoms with Crippen LogP contribution in [0.2, 0.25) is 0 Å². The maximum absolute atomic E-state index is 12.9. The zero-order valence-corrected chi connectivity index (χ0v) is 14.1. The second kappa shape index (κ2) is 6.67. The quantitative estimate of drug-likeness (QED) is 0.808. The minimum absolute atomic E-state index is 0.119. The number of ether oxygens (including phenoxy) is 2. The van der Waals surface area contributed by atoms with Crippen LogP contribution in [0.5, 0.6) is 11.5 Å². The van der Waals surface area contributed by atoms with Gasteiger partial charge in [-0.05, 0) is 36.4 Å². The summed E-state index contributed by atoms with van der Waals surface area (Å²) in [6.45, 7) is -0.278. The molecule has 130 valence electrons. The van der Waals surface area contributed by atoms with Gasteiger partial charge in [-0.3, -0.25) is 9.59 Å². The smallest absolute Gasteiger partial charge is 0.395 e. The van der Waals surface area contributed by atoms with E-state index < -0.39 is 18.1 Å². The Kier molecular flexibility index (Phi) is 4.58. The van der Waals surface area contributed by atoms with E-state index in [0.29, 0.717) is 5.56 Å². The molecule has 9 heteroatoms. The summed E-state index contributed by atoms with van der Waals surface area (Å²) in [5, 5.41) is 4.93. The molecule has 0 unspecified atom stereocenters. The van der Waals surface area contributed by atoms with Crippen molar-refractivity contribution < 1.29 is 27.8 Å². The Bertz CT molecular complexity index is 827. The summed E-state index contributed by atoms with van der Waals surface area (Å²) < 4.78 is 35.3. The van der Waals surface area contributed by atoms with E-state index in [4.69, 9.17) is 0 Å². The minimum Gasteiger partial charge on any atom is -0.395 e. The maximum atomic E-state index is 12.9. The molecule has 1 aliphatic heterocycles. The van der Waals surface area contributed by atoms with E-state index >= 15 is 0 Å². The number of alkyl halides is 2. The van der Waals surface area contributed by atoms with Gasteiger partial charge in [0.15, 0.2) is 11.5 Å². The monoisotopic (exact) mass is 412 g/mol. The third kappa shape index (κ3) is 4.24. The standard InChI is InChI=1S/C16H11BrF2N2O4/c17-10-3-1-9(2-4-10)15(23)20-8-14(22)21-11-5-6-12-13(7-11)25-16(18,19)24-12/h1-7H,8H2,(H,20,23)(H,21,22). The zero-order valence-electron chi connectivity index (χ0n) is 12.5. The van der Waals surface area contributed by atoms with Gasteiger partial charge >= 0.3 is 6.29 Å². The summed E-state index contributed by atoms with van der Waals surface area (Å²) >= 11 is 3.26. The summed E-state index contributed by atoms with van der Waals surface area (Å²) in [7, 11) is 0. The molecule has 0 saturated heterocycles. The van der Waals surface area contributed by atoms with Gasteiger partial charge in [0.1, 0.15) is 0 Å². The number of anilines is 1. The van der Waals surface area contributed by atoms with E-state index in [-0.39, 0.29) is 23.7 Å². The molecule has 0 aliphatic carbocycles. The molecule has 1 heterocycles. The first-order valence-electron chi connectivity index (χ1n) is 7.06. The van der Waals surface area contributed by atoms with Crippen molar-refractivity contribution >= 4 is 33.4 Å². The summed E-state index contributed by atoms with van der Waals surface area (Å²) in [4.78, 5) is 23.8. The Balaban J connectivity index is 1.55. The van der Waals surface area contributed by atoms with Crippen LogP contribution in [0.25, 0.3) is 0 Å². The maximum Gasteiger partial charge on any atom is 0.586 e. The van der Waals surface area contributed by atoms with Crippen molar-refractivity contribution in [2.24, 2.45) is 0 Å². The molecule has 2 aromatic carbocycles. The Morgan fingerprint density at radius 2 is 1.72 bits per heavy atom. The lowest BCUT2D eigenvalue weighted by Gasteiger charge is -2.08. The van der Waals surface area contributed by atoms with Crippen LogP contribution in [0.1, 0.15) is 10.4 Å². The van der Waals surface area contributed by atoms with Gasteiger partial charge < -0.3 is 20.1 Å². The fourth-order valence-corrected chi connectivity index (χ4v) is 2.36. The molecule has 2 N–H and O–H groups in total. The number of rotatable bonds is 4. The predicted molar refractivity (Wildman–Crippen MR) is 87.7 cm³/mol. The summed E-state index contributed by atoms with van der Waals surface area (Å²) in [6, 6.07) is 10.5. The van der Waals surface area contributed by atoms with Gasteiger partial charge in [-0.2, -0.15) is 0 Å². The van der Waals surface area contributed by atoms with Crippen molar-refractivity contribution in [2.75, 3.05) is 11.9 Å². The number of hydrogen-bond donors (Lipinski definition) is 2. The average Bonchev–Trinajstić information content (AvgIpc) is 2.86. The lowest BCUT2D eigenvalue weighted by Crippen LogP contribution is -2.32. The molecule has 1 aliphatic rings. The van der Waals surface area contributed by atoms with Gasteiger partial charge in [-0.25, -0.2) is 0 Å². The van der Waals surface area contributed by atoms with Gasteiger partial charge in [-0.1, -0.05) is 15.9 Å². The predicted octanol–water partition coefficient (Wildman–Crippen LogP) is 3.14. The van der Waals surface area contributed by atoms with Crippen LogP contribution in [0.15, 0.2) is 46.9 Å². The van der Waals surface area contributed by atoms with Crippen LogP contribution in [0, 0.1) is 0 Å². The normalized spacial score (nSPS) is 14.0. The number of benzene rings is 2. The molecule has 0 fully saturated rings. The number of amides is 2. The number of halogens is 3. The highest BCUT2D eigenvalue weighted by molar-refractivity contribution is 9.10. The van der Waals surface area contributed by atoms with Gasteiger partial charge in [0.05, 0.1) is 6.54 Å². The number of carbonyl (C=O) groups is 2. The number of hydrogen-bond acceptors (Lipinski definition) is 4. The number of fused-ring (bicyclic) bond motifs is 1. The average molecular weight is 413 g/mol. The highest BCUT2D eigenvalue weighted by Gasteiger charge is 2.43. The van der Waals surface area contributed by atoms with E-state index in [1.165, 1.54) is 18.2 Å². The third-order valence-electron chi connectivity index (χ3n) is 3.20. The van der Waals surface area contributed by atoms with E-state index in [1.807, 2.05) is 0 Å². The second-order valence-corrected chi connectivity index (χ2v) is 5.98. The largest absolute Gasteiger partial charge is 0.586 e. The van der Waals surface area contributed by atoms with Crippen molar-refractivity contribution in [3.8, 4) is 11.5 Å². The van der Waals surface area contributed by atoms with Crippen LogP contribution in [0.3, 0.4) is 0 Å². The first-order valence-corrected chi connectivity index (χ1v) is 7.85. The Morgan fingerprint density at radius 1 is 1.04 bits per heavy atom. The molecule has 0 aromatic heterocycles. The molecule has 3 rings (SSSR count). The van der Waals surface area contributed by atoms with Crippen LogP contribution in [0.4, 0.5) is 14.5 Å². The molecular formula is C16H11BrF2N2O4. The minimum atomic E-state index is -3.72. The molecule has 0 bridgehead atoms. The lowest BCUT2D eigenvalue weighted by atomic mass is 10.2. The highest BCUT2D eigenvalue weighted by atomic mass is 79.9. The zero-order chi connectivity index (χ0) is 18.0. The topological polar surface area (TPSA) is 76.7 Å². The summed E-state index contributed by atoms with van der Waals surface area (Å²) in [5.74, 6) is -1.22. The number of carbonyl (C=O) groups excluding carboxylic acids is 2. The van der Waals surface area contributed by atoms with Crippen molar-refractivity contribution in [1.82, 2.24) is 5.32 Å². The molecule has 6 nitrogen and oxygen atoms in total. The van der Waals surface area contributed by atoms with Gasteiger partial charge in [0, 0.05) is 21.8 Å². The molecule has 25 heavy (non-hydrogen) atoms. The first-order chi connectivity index (χ1) is 11.8. The Hall–Kier alpha value is -2.68. The lowest BCUT2D eigenvalue weighted by molar-refractivity contribution is -0.286. The molecular weight excluding hydrogens is 402 g/mol. The Morgan fingerprint density at radius 3 is 2.44 bits per heavy atom. The van der Waals surface area contributed by atoms with Crippen LogP contribution in [-0.2, 0) is 4.79 Å². The second-order valence-electron chi connectivity index (χ2n) is 5.07. The van der Waals surface area contributed by atoms with E-state index in [1.54, 1.807) is 24.3 Å². The Labute approximate surface area is 149 Å². The van der Waals surface area contributed by atoms with Crippen molar-refractivity contribution in [3.05, 3.63) is 52.5 Å². The number of nitrogens with one attached hydrogen (secondary N) is 2. The van der Waals surface area contributed by atoms with Gasteiger partial charge in [0.25, 0.3) is 5.91 Å². The summed E-state index contributed by atoms with van der Waals surface area (Å²) in [6.07, 6.45) is -3.72. The van der Waals surface area contributed by atoms with Crippen molar-refractivity contribution in [2.45, 2.75) is 6.29 Å². The third-order valence-corrected chi connectivity index (χ3v) is 3.73. The highest BCUT2D eigenvalue weighted by Crippen LogP contribution is 2.42. The van der Waals surface area contributed by atoms with Gasteiger partial charge in [-0.15, -0.1) is 8.78 Å². The van der Waals surface area contributed by atoms with Crippen molar-refractivity contribution in [1.29, 1.82) is 0 Å². The molecule has 0 saturated carbocycles. The van der Waals surface area contributed by atoms with E-state index in [2.05, 4.69) is 36.0 Å². The molecule has 2 aromatic rings. The molecule has 2 amide bonds.